The zero-order chi connectivity index (χ0) is 12.6. The maximum Gasteiger partial charge on any atom is 0.143 e. The molecule has 0 unspecified atom stereocenters. The maximum atomic E-state index is 13.2. The number of nitrogens with zero attached hydrogens (tertiary/aromatic N) is 1. The number of nitrogens with two attached hydrogens (primary N) is 1. The van der Waals surface area contributed by atoms with Gasteiger partial charge in [-0.25, -0.2) is 9.37 Å². The first-order valence-electron chi connectivity index (χ1n) is 4.87. The van der Waals surface area contributed by atoms with E-state index in [0.717, 1.165) is 5.56 Å². The van der Waals surface area contributed by atoms with E-state index in [2.05, 4.69) is 4.98 Å². The number of aromatic nitrogens is 1. The number of benzene rings is 1. The average Bonchev–Trinajstić information content (AvgIpc) is 2.27. The van der Waals surface area contributed by atoms with Gasteiger partial charge >= 0.3 is 0 Å². The highest BCUT2D eigenvalue weighted by Gasteiger charge is 2.12. The first-order valence-corrected chi connectivity index (χ1v) is 5.62. The van der Waals surface area contributed by atoms with Crippen LogP contribution >= 0.6 is 23.2 Å². The van der Waals surface area contributed by atoms with Crippen molar-refractivity contribution in [3.05, 3.63) is 45.7 Å². The van der Waals surface area contributed by atoms with Crippen LogP contribution in [0.5, 0.6) is 0 Å². The molecule has 0 saturated heterocycles. The molecule has 0 radical (unpaired) electrons. The summed E-state index contributed by atoms with van der Waals surface area (Å²) in [5.41, 5.74) is 7.53. The van der Waals surface area contributed by atoms with Crippen LogP contribution in [0.15, 0.2) is 24.3 Å². The number of aryl methyl sites for hydroxylation is 1. The third-order valence-electron chi connectivity index (χ3n) is 2.41. The number of halogens is 3. The van der Waals surface area contributed by atoms with E-state index in [9.17, 15) is 4.39 Å². The third-order valence-corrected chi connectivity index (χ3v) is 3.00. The SMILES string of the molecule is Cc1ccc(F)cc1-c1nc(N)c(Cl)cc1Cl. The van der Waals surface area contributed by atoms with Crippen molar-refractivity contribution < 1.29 is 4.39 Å². The molecule has 1 heterocycles. The van der Waals surface area contributed by atoms with Crippen LogP contribution in [0.4, 0.5) is 10.2 Å². The predicted octanol–water partition coefficient (Wildman–Crippen LogP) is 4.09. The van der Waals surface area contributed by atoms with Crippen LogP contribution < -0.4 is 5.73 Å². The fraction of sp³-hybridized carbons (Fsp3) is 0.0833. The fourth-order valence-electron chi connectivity index (χ4n) is 1.52. The lowest BCUT2D eigenvalue weighted by Crippen LogP contribution is -1.96. The molecule has 1 aromatic carbocycles. The summed E-state index contributed by atoms with van der Waals surface area (Å²) in [6.07, 6.45) is 0. The summed E-state index contributed by atoms with van der Waals surface area (Å²) in [4.78, 5) is 4.09. The first-order chi connectivity index (χ1) is 7.99. The normalized spacial score (nSPS) is 10.6. The van der Waals surface area contributed by atoms with Crippen LogP contribution in [0.25, 0.3) is 11.3 Å². The van der Waals surface area contributed by atoms with Gasteiger partial charge in [0.05, 0.1) is 15.7 Å². The highest BCUT2D eigenvalue weighted by Crippen LogP contribution is 2.33. The Labute approximate surface area is 108 Å². The summed E-state index contributed by atoms with van der Waals surface area (Å²) < 4.78 is 13.2. The summed E-state index contributed by atoms with van der Waals surface area (Å²) in [6, 6.07) is 5.92. The van der Waals surface area contributed by atoms with Crippen LogP contribution in [-0.2, 0) is 0 Å². The van der Waals surface area contributed by atoms with Crippen LogP contribution in [0.2, 0.25) is 10.0 Å². The molecular weight excluding hydrogens is 262 g/mol. The van der Waals surface area contributed by atoms with Gasteiger partial charge < -0.3 is 5.73 Å². The van der Waals surface area contributed by atoms with Crippen molar-refractivity contribution in [3.63, 3.8) is 0 Å². The molecule has 0 saturated carbocycles. The molecule has 0 amide bonds. The molecule has 0 aliphatic heterocycles. The molecule has 0 aliphatic rings. The molecule has 5 heteroatoms. The largest absolute Gasteiger partial charge is 0.382 e. The molecule has 0 fully saturated rings. The van der Waals surface area contributed by atoms with E-state index in [0.29, 0.717) is 16.3 Å². The Morgan fingerprint density at radius 1 is 1.18 bits per heavy atom. The van der Waals surface area contributed by atoms with Crippen LogP contribution in [-0.4, -0.2) is 4.98 Å². The van der Waals surface area contributed by atoms with E-state index < -0.39 is 0 Å². The van der Waals surface area contributed by atoms with Gasteiger partial charge in [-0.3, -0.25) is 0 Å². The Hall–Kier alpha value is -1.32. The minimum absolute atomic E-state index is 0.176. The first kappa shape index (κ1) is 12.1. The monoisotopic (exact) mass is 270 g/mol. The number of nitrogen functional groups attached to an aromatic ring is 1. The standard InChI is InChI=1S/C12H9Cl2FN2/c1-6-2-3-7(15)4-8(6)11-9(13)5-10(14)12(16)17-11/h2-5H,1H3,(H2,16,17). The van der Waals surface area contributed by atoms with E-state index in [-0.39, 0.29) is 16.7 Å². The third kappa shape index (κ3) is 2.35. The lowest BCUT2D eigenvalue weighted by atomic mass is 10.0. The topological polar surface area (TPSA) is 38.9 Å². The number of anilines is 1. The lowest BCUT2D eigenvalue weighted by Gasteiger charge is -2.09. The van der Waals surface area contributed by atoms with E-state index >= 15 is 0 Å². The van der Waals surface area contributed by atoms with E-state index in [1.54, 1.807) is 6.07 Å². The molecule has 2 N–H and O–H groups in total. The molecule has 2 aromatic rings. The summed E-state index contributed by atoms with van der Waals surface area (Å²) >= 11 is 11.8. The van der Waals surface area contributed by atoms with Crippen LogP contribution in [0.3, 0.4) is 0 Å². The van der Waals surface area contributed by atoms with E-state index in [4.69, 9.17) is 28.9 Å². The van der Waals surface area contributed by atoms with Gasteiger partial charge in [-0.15, -0.1) is 0 Å². The maximum absolute atomic E-state index is 13.2. The summed E-state index contributed by atoms with van der Waals surface area (Å²) in [6.45, 7) is 1.84. The van der Waals surface area contributed by atoms with Gasteiger partial charge in [-0.2, -0.15) is 0 Å². The minimum atomic E-state index is -0.350. The second-order valence-electron chi connectivity index (χ2n) is 3.65. The molecule has 0 spiro atoms. The molecular formula is C12H9Cl2FN2. The second kappa shape index (κ2) is 4.51. The lowest BCUT2D eigenvalue weighted by molar-refractivity contribution is 0.628. The highest BCUT2D eigenvalue weighted by molar-refractivity contribution is 6.37. The van der Waals surface area contributed by atoms with E-state index in [1.165, 1.54) is 18.2 Å². The summed E-state index contributed by atoms with van der Waals surface area (Å²) in [7, 11) is 0. The second-order valence-corrected chi connectivity index (χ2v) is 4.46. The zero-order valence-corrected chi connectivity index (χ0v) is 10.5. The fourth-order valence-corrected chi connectivity index (χ4v) is 1.98. The van der Waals surface area contributed by atoms with Gasteiger partial charge in [0.25, 0.3) is 0 Å². The van der Waals surface area contributed by atoms with Crippen molar-refractivity contribution in [2.24, 2.45) is 0 Å². The number of hydrogen-bond donors (Lipinski definition) is 1. The summed E-state index contributed by atoms with van der Waals surface area (Å²) in [5.74, 6) is -0.174. The Balaban J connectivity index is 2.68. The van der Waals surface area contributed by atoms with Gasteiger partial charge in [0.1, 0.15) is 11.6 Å². The average molecular weight is 271 g/mol. The molecule has 0 atom stereocenters. The van der Waals surface area contributed by atoms with Crippen molar-refractivity contribution in [2.45, 2.75) is 6.92 Å². The molecule has 0 bridgehead atoms. The molecule has 0 aliphatic carbocycles. The van der Waals surface area contributed by atoms with Crippen molar-refractivity contribution in [1.29, 1.82) is 0 Å². The summed E-state index contributed by atoms with van der Waals surface area (Å²) in [5, 5.41) is 0.630. The number of hydrogen-bond acceptors (Lipinski definition) is 2. The Kier molecular flexibility index (Phi) is 3.22. The molecule has 1 aromatic heterocycles. The zero-order valence-electron chi connectivity index (χ0n) is 8.97. The Morgan fingerprint density at radius 3 is 2.59 bits per heavy atom. The van der Waals surface area contributed by atoms with Crippen molar-refractivity contribution >= 4 is 29.0 Å². The number of rotatable bonds is 1. The minimum Gasteiger partial charge on any atom is -0.382 e. The molecule has 2 rings (SSSR count). The highest BCUT2D eigenvalue weighted by atomic mass is 35.5. The smallest absolute Gasteiger partial charge is 0.143 e. The van der Waals surface area contributed by atoms with Crippen molar-refractivity contribution in [1.82, 2.24) is 4.98 Å². The van der Waals surface area contributed by atoms with Gasteiger partial charge in [-0.05, 0) is 30.7 Å². The van der Waals surface area contributed by atoms with Crippen LogP contribution in [0, 0.1) is 12.7 Å². The van der Waals surface area contributed by atoms with Crippen molar-refractivity contribution in [2.75, 3.05) is 5.73 Å². The van der Waals surface area contributed by atoms with Gasteiger partial charge in [0.15, 0.2) is 0 Å². The molecule has 17 heavy (non-hydrogen) atoms. The van der Waals surface area contributed by atoms with Crippen LogP contribution in [0.1, 0.15) is 5.56 Å². The van der Waals surface area contributed by atoms with Crippen molar-refractivity contribution in [3.8, 4) is 11.3 Å². The Morgan fingerprint density at radius 2 is 1.88 bits per heavy atom. The van der Waals surface area contributed by atoms with Gasteiger partial charge in [0, 0.05) is 5.56 Å². The quantitative estimate of drug-likeness (QED) is 0.848. The van der Waals surface area contributed by atoms with E-state index in [1.807, 2.05) is 6.92 Å². The molecule has 2 nitrogen and oxygen atoms in total. The predicted molar refractivity (Wildman–Crippen MR) is 68.8 cm³/mol. The van der Waals surface area contributed by atoms with Gasteiger partial charge in [-0.1, -0.05) is 29.3 Å². The molecule has 88 valence electrons. The number of pyridine rings is 1. The Bertz CT molecular complexity index is 585. The van der Waals surface area contributed by atoms with Gasteiger partial charge in [0.2, 0.25) is 0 Å².